The van der Waals surface area contributed by atoms with E-state index in [9.17, 15) is 27.6 Å². The molecular weight excluding hydrogens is 531 g/mol. The predicted molar refractivity (Wildman–Crippen MR) is 130 cm³/mol. The maximum atomic E-state index is 13.3. The SMILES string of the molecule is CCOC(=O)N1CCN(C(=O)C(C)n2cc(NC(=O)Cn3nc(C(F)(F)F)c(Cl)c3C3CC3)c(C)n2)CC1. The smallest absolute Gasteiger partial charge is 0.436 e. The molecule has 0 spiro atoms. The van der Waals surface area contributed by atoms with Crippen LogP contribution in [-0.2, 0) is 27.0 Å². The minimum Gasteiger partial charge on any atom is -0.450 e. The molecule has 1 saturated heterocycles. The van der Waals surface area contributed by atoms with E-state index in [1.165, 1.54) is 10.9 Å². The minimum absolute atomic E-state index is 0.158. The Morgan fingerprint density at radius 3 is 2.37 bits per heavy atom. The van der Waals surface area contributed by atoms with Gasteiger partial charge in [0.15, 0.2) is 5.69 Å². The van der Waals surface area contributed by atoms with Gasteiger partial charge in [-0.15, -0.1) is 0 Å². The van der Waals surface area contributed by atoms with E-state index >= 15 is 0 Å². The summed E-state index contributed by atoms with van der Waals surface area (Å²) in [5, 5.41) is 10.1. The van der Waals surface area contributed by atoms with Crippen LogP contribution in [0, 0.1) is 6.92 Å². The number of amides is 3. The summed E-state index contributed by atoms with van der Waals surface area (Å²) in [5.41, 5.74) is -0.233. The van der Waals surface area contributed by atoms with E-state index in [0.717, 1.165) is 4.68 Å². The first kappa shape index (κ1) is 27.7. The summed E-state index contributed by atoms with van der Waals surface area (Å²) in [6, 6.07) is -0.686. The summed E-state index contributed by atoms with van der Waals surface area (Å²) >= 11 is 5.98. The summed E-state index contributed by atoms with van der Waals surface area (Å²) in [4.78, 5) is 40.8. The molecule has 2 fully saturated rings. The van der Waals surface area contributed by atoms with Gasteiger partial charge in [0.05, 0.1) is 28.7 Å². The quantitative estimate of drug-likeness (QED) is 0.556. The first-order valence-electron chi connectivity index (χ1n) is 12.3. The topological polar surface area (TPSA) is 115 Å². The number of nitrogens with one attached hydrogen (secondary N) is 1. The third kappa shape index (κ3) is 5.89. The van der Waals surface area contributed by atoms with Gasteiger partial charge in [0.1, 0.15) is 12.6 Å². The van der Waals surface area contributed by atoms with Crippen LogP contribution >= 0.6 is 11.6 Å². The zero-order valence-electron chi connectivity index (χ0n) is 21.2. The van der Waals surface area contributed by atoms with Crippen molar-refractivity contribution in [1.29, 1.82) is 0 Å². The molecule has 4 rings (SSSR count). The van der Waals surface area contributed by atoms with E-state index in [4.69, 9.17) is 16.3 Å². The number of ether oxygens (including phenoxy) is 1. The maximum absolute atomic E-state index is 13.3. The number of hydrogen-bond donors (Lipinski definition) is 1. The number of halogens is 4. The van der Waals surface area contributed by atoms with Crippen molar-refractivity contribution < 1.29 is 32.3 Å². The average Bonchev–Trinajstić information content (AvgIpc) is 3.55. The molecule has 0 bridgehead atoms. The van der Waals surface area contributed by atoms with Gasteiger partial charge in [-0.25, -0.2) is 4.79 Å². The van der Waals surface area contributed by atoms with Gasteiger partial charge < -0.3 is 19.9 Å². The number of aryl methyl sites for hydroxylation is 1. The second-order valence-corrected chi connectivity index (χ2v) is 9.70. The van der Waals surface area contributed by atoms with E-state index in [-0.39, 0.29) is 24.1 Å². The lowest BCUT2D eigenvalue weighted by molar-refractivity contribution is -0.141. The van der Waals surface area contributed by atoms with Crippen LogP contribution < -0.4 is 5.32 Å². The molecule has 1 N–H and O–H groups in total. The number of rotatable bonds is 7. The van der Waals surface area contributed by atoms with E-state index in [1.807, 2.05) is 0 Å². The van der Waals surface area contributed by atoms with Crippen LogP contribution in [0.3, 0.4) is 0 Å². The van der Waals surface area contributed by atoms with Crippen LogP contribution in [0.25, 0.3) is 0 Å². The molecule has 15 heteroatoms. The molecule has 11 nitrogen and oxygen atoms in total. The highest BCUT2D eigenvalue weighted by atomic mass is 35.5. The Labute approximate surface area is 221 Å². The zero-order chi connectivity index (χ0) is 27.8. The van der Waals surface area contributed by atoms with Crippen LogP contribution in [0.4, 0.5) is 23.7 Å². The van der Waals surface area contributed by atoms with Crippen LogP contribution in [0.15, 0.2) is 6.20 Å². The molecule has 1 atom stereocenters. The van der Waals surface area contributed by atoms with Gasteiger partial charge in [-0.05, 0) is 33.6 Å². The van der Waals surface area contributed by atoms with Crippen LogP contribution in [-0.4, -0.2) is 80.1 Å². The average molecular weight is 560 g/mol. The van der Waals surface area contributed by atoms with Gasteiger partial charge in [0, 0.05) is 38.3 Å². The number of carbonyl (C=O) groups is 3. The summed E-state index contributed by atoms with van der Waals surface area (Å²) < 4.78 is 47.3. The normalized spacial score (nSPS) is 16.9. The fraction of sp³-hybridized carbons (Fsp3) is 0.609. The molecule has 2 aromatic heterocycles. The monoisotopic (exact) mass is 559 g/mol. The van der Waals surface area contributed by atoms with Crippen molar-refractivity contribution in [2.45, 2.75) is 58.3 Å². The van der Waals surface area contributed by atoms with Gasteiger partial charge in [0.2, 0.25) is 11.8 Å². The molecule has 2 aromatic rings. The third-order valence-electron chi connectivity index (χ3n) is 6.52. The summed E-state index contributed by atoms with van der Waals surface area (Å²) in [7, 11) is 0. The second-order valence-electron chi connectivity index (χ2n) is 9.32. The Morgan fingerprint density at radius 2 is 1.79 bits per heavy atom. The highest BCUT2D eigenvalue weighted by molar-refractivity contribution is 6.32. The standard InChI is InChI=1S/C23H29ClF3N7O4/c1-4-38-22(37)32-9-7-31(8-10-32)21(36)14(3)33-11-16(13(2)29-33)28-17(35)12-34-19(15-5-6-15)18(24)20(30-34)23(25,26)27/h11,14-15H,4-10,12H2,1-3H3,(H,28,35). The van der Waals surface area contributed by atoms with Gasteiger partial charge in [-0.2, -0.15) is 23.4 Å². The zero-order valence-corrected chi connectivity index (χ0v) is 22.0. The third-order valence-corrected chi connectivity index (χ3v) is 6.89. The Balaban J connectivity index is 1.39. The van der Waals surface area contributed by atoms with Crippen molar-refractivity contribution in [2.24, 2.45) is 0 Å². The lowest BCUT2D eigenvalue weighted by Gasteiger charge is -2.35. The number of anilines is 1. The lowest BCUT2D eigenvalue weighted by Crippen LogP contribution is -2.52. The molecule has 38 heavy (non-hydrogen) atoms. The molecule has 0 radical (unpaired) electrons. The lowest BCUT2D eigenvalue weighted by atomic mass is 10.2. The number of piperazine rings is 1. The molecule has 1 unspecified atom stereocenters. The fourth-order valence-corrected chi connectivity index (χ4v) is 4.73. The van der Waals surface area contributed by atoms with Crippen LogP contribution in [0.2, 0.25) is 5.02 Å². The Hall–Kier alpha value is -3.29. The molecule has 3 heterocycles. The minimum atomic E-state index is -4.73. The largest absolute Gasteiger partial charge is 0.450 e. The van der Waals surface area contributed by atoms with Crippen molar-refractivity contribution in [3.63, 3.8) is 0 Å². The maximum Gasteiger partial charge on any atom is 0.436 e. The number of nitrogens with zero attached hydrogens (tertiary/aromatic N) is 6. The van der Waals surface area contributed by atoms with Crippen molar-refractivity contribution in [1.82, 2.24) is 29.4 Å². The first-order valence-corrected chi connectivity index (χ1v) is 12.7. The number of carbonyl (C=O) groups excluding carboxylic acids is 3. The molecule has 1 aliphatic carbocycles. The van der Waals surface area contributed by atoms with Crippen molar-refractivity contribution in [3.05, 3.63) is 28.3 Å². The highest BCUT2D eigenvalue weighted by Gasteiger charge is 2.42. The summed E-state index contributed by atoms with van der Waals surface area (Å²) in [6.07, 6.45) is -2.27. The molecule has 3 amide bonds. The summed E-state index contributed by atoms with van der Waals surface area (Å²) in [5.74, 6) is -0.959. The van der Waals surface area contributed by atoms with Gasteiger partial charge in [-0.3, -0.25) is 19.0 Å². The molecule has 1 aliphatic heterocycles. The van der Waals surface area contributed by atoms with Crippen molar-refractivity contribution in [2.75, 3.05) is 38.1 Å². The number of aromatic nitrogens is 4. The van der Waals surface area contributed by atoms with Gasteiger partial charge in [-0.1, -0.05) is 11.6 Å². The Bertz CT molecular complexity index is 1220. The van der Waals surface area contributed by atoms with E-state index in [1.54, 1.807) is 30.6 Å². The number of hydrogen-bond acceptors (Lipinski definition) is 6. The van der Waals surface area contributed by atoms with Gasteiger partial charge >= 0.3 is 12.3 Å². The Kier molecular flexibility index (Phi) is 7.90. The first-order chi connectivity index (χ1) is 17.9. The predicted octanol–water partition coefficient (Wildman–Crippen LogP) is 3.44. The molecule has 208 valence electrons. The van der Waals surface area contributed by atoms with Crippen molar-refractivity contribution in [3.8, 4) is 0 Å². The molecule has 0 aromatic carbocycles. The molecule has 2 aliphatic rings. The highest BCUT2D eigenvalue weighted by Crippen LogP contribution is 2.46. The summed E-state index contributed by atoms with van der Waals surface area (Å²) in [6.45, 7) is 6.27. The molecule has 1 saturated carbocycles. The number of alkyl halides is 3. The molecular formula is C23H29ClF3N7O4. The van der Waals surface area contributed by atoms with E-state index < -0.39 is 41.5 Å². The Morgan fingerprint density at radius 1 is 1.16 bits per heavy atom. The fourth-order valence-electron chi connectivity index (χ4n) is 4.33. The van der Waals surface area contributed by atoms with Crippen molar-refractivity contribution >= 4 is 35.2 Å². The van der Waals surface area contributed by atoms with E-state index in [2.05, 4.69) is 15.5 Å². The second kappa shape index (κ2) is 10.8. The van der Waals surface area contributed by atoms with Crippen LogP contribution in [0.1, 0.15) is 55.7 Å². The van der Waals surface area contributed by atoms with E-state index in [0.29, 0.717) is 50.4 Å². The van der Waals surface area contributed by atoms with Crippen LogP contribution in [0.5, 0.6) is 0 Å². The van der Waals surface area contributed by atoms with Gasteiger partial charge in [0.25, 0.3) is 0 Å².